The van der Waals surface area contributed by atoms with Crippen LogP contribution < -0.4 is 15.8 Å². The highest BCUT2D eigenvalue weighted by atomic mass is 32.2. The van der Waals surface area contributed by atoms with Gasteiger partial charge in [-0.3, -0.25) is 9.59 Å². The minimum absolute atomic E-state index is 0.0135. The molecule has 1 unspecified atom stereocenters. The molecule has 0 aliphatic heterocycles. The second-order valence-electron chi connectivity index (χ2n) is 5.80. The van der Waals surface area contributed by atoms with E-state index in [0.29, 0.717) is 23.2 Å². The van der Waals surface area contributed by atoms with Crippen LogP contribution in [0.15, 0.2) is 53.4 Å². The minimum atomic E-state index is -3.81. The Labute approximate surface area is 152 Å². The molecular weight excluding hydrogens is 354 g/mol. The zero-order chi connectivity index (χ0) is 19.3. The van der Waals surface area contributed by atoms with Crippen molar-refractivity contribution in [1.82, 2.24) is 5.32 Å². The van der Waals surface area contributed by atoms with Crippen molar-refractivity contribution in [3.63, 3.8) is 0 Å². The van der Waals surface area contributed by atoms with E-state index in [4.69, 9.17) is 5.14 Å². The summed E-state index contributed by atoms with van der Waals surface area (Å²) in [5.74, 6) is -0.484. The topological polar surface area (TPSA) is 118 Å². The number of hydrogen-bond acceptors (Lipinski definition) is 4. The zero-order valence-electron chi connectivity index (χ0n) is 14.5. The lowest BCUT2D eigenvalue weighted by Gasteiger charge is -2.15. The lowest BCUT2D eigenvalue weighted by molar-refractivity contribution is -0.115. The van der Waals surface area contributed by atoms with Crippen LogP contribution in [0.3, 0.4) is 0 Å². The van der Waals surface area contributed by atoms with Crippen LogP contribution in [-0.4, -0.2) is 20.2 Å². The van der Waals surface area contributed by atoms with Gasteiger partial charge in [0.2, 0.25) is 15.9 Å². The van der Waals surface area contributed by atoms with Crippen molar-refractivity contribution in [3.8, 4) is 0 Å². The van der Waals surface area contributed by atoms with Crippen LogP contribution in [0.4, 0.5) is 5.69 Å². The van der Waals surface area contributed by atoms with Crippen molar-refractivity contribution in [2.45, 2.75) is 31.2 Å². The molecule has 138 valence electrons. The number of primary sulfonamides is 1. The van der Waals surface area contributed by atoms with Gasteiger partial charge in [-0.2, -0.15) is 0 Å². The van der Waals surface area contributed by atoms with Gasteiger partial charge in [-0.05, 0) is 42.8 Å². The first kappa shape index (κ1) is 19.6. The molecule has 4 N–H and O–H groups in total. The van der Waals surface area contributed by atoms with Gasteiger partial charge in [0.25, 0.3) is 5.91 Å². The maximum atomic E-state index is 12.5. The van der Waals surface area contributed by atoms with E-state index in [1.165, 1.54) is 12.1 Å². The van der Waals surface area contributed by atoms with E-state index >= 15 is 0 Å². The average molecular weight is 375 g/mol. The van der Waals surface area contributed by atoms with Crippen LogP contribution in [0.5, 0.6) is 0 Å². The third-order valence-corrected chi connectivity index (χ3v) is 4.67. The largest absolute Gasteiger partial charge is 0.346 e. The van der Waals surface area contributed by atoms with Crippen LogP contribution in [0.1, 0.15) is 42.2 Å². The normalized spacial score (nSPS) is 12.3. The standard InChI is InChI=1S/C18H21N3O4S/c1-3-17(22)21-15-8-4-7-14(10-15)18(23)20-12(2)13-6-5-9-16(11-13)26(19,24)25/h4-12H,3H2,1-2H3,(H,20,23)(H,21,22)(H2,19,24,25). The monoisotopic (exact) mass is 375 g/mol. The van der Waals surface area contributed by atoms with Crippen molar-refractivity contribution in [2.24, 2.45) is 5.14 Å². The van der Waals surface area contributed by atoms with E-state index in [2.05, 4.69) is 10.6 Å². The Kier molecular flexibility index (Phi) is 6.12. The van der Waals surface area contributed by atoms with Gasteiger partial charge in [-0.15, -0.1) is 0 Å². The molecular formula is C18H21N3O4S. The summed E-state index contributed by atoms with van der Waals surface area (Å²) in [5.41, 5.74) is 1.53. The molecule has 0 bridgehead atoms. The van der Waals surface area contributed by atoms with Gasteiger partial charge >= 0.3 is 0 Å². The molecule has 0 heterocycles. The van der Waals surface area contributed by atoms with Gasteiger partial charge < -0.3 is 10.6 Å². The summed E-state index contributed by atoms with van der Waals surface area (Å²) >= 11 is 0. The van der Waals surface area contributed by atoms with Gasteiger partial charge in [-0.1, -0.05) is 25.1 Å². The third kappa shape index (κ3) is 5.14. The molecule has 2 aromatic rings. The van der Waals surface area contributed by atoms with Crippen LogP contribution in [-0.2, 0) is 14.8 Å². The molecule has 26 heavy (non-hydrogen) atoms. The number of sulfonamides is 1. The van der Waals surface area contributed by atoms with Crippen LogP contribution >= 0.6 is 0 Å². The van der Waals surface area contributed by atoms with Gasteiger partial charge in [0.05, 0.1) is 10.9 Å². The average Bonchev–Trinajstić information content (AvgIpc) is 2.61. The maximum Gasteiger partial charge on any atom is 0.251 e. The van der Waals surface area contributed by atoms with Crippen LogP contribution in [0.25, 0.3) is 0 Å². The molecule has 0 saturated carbocycles. The number of amides is 2. The Morgan fingerprint density at radius 1 is 1.12 bits per heavy atom. The van der Waals surface area contributed by atoms with E-state index in [1.807, 2.05) is 0 Å². The summed E-state index contributed by atoms with van der Waals surface area (Å²) in [6.45, 7) is 3.48. The minimum Gasteiger partial charge on any atom is -0.346 e. The summed E-state index contributed by atoms with van der Waals surface area (Å²) in [5, 5.41) is 10.6. The van der Waals surface area contributed by atoms with E-state index in [9.17, 15) is 18.0 Å². The highest BCUT2D eigenvalue weighted by molar-refractivity contribution is 7.89. The Bertz CT molecular complexity index is 926. The maximum absolute atomic E-state index is 12.5. The second-order valence-corrected chi connectivity index (χ2v) is 7.36. The number of anilines is 1. The van der Waals surface area contributed by atoms with E-state index in [-0.39, 0.29) is 16.7 Å². The van der Waals surface area contributed by atoms with Gasteiger partial charge in [-0.25, -0.2) is 13.6 Å². The van der Waals surface area contributed by atoms with Crippen molar-refractivity contribution >= 4 is 27.5 Å². The fourth-order valence-electron chi connectivity index (χ4n) is 2.31. The predicted octanol–water partition coefficient (Wildman–Crippen LogP) is 2.17. The molecule has 0 aromatic heterocycles. The highest BCUT2D eigenvalue weighted by Crippen LogP contribution is 2.18. The first-order valence-corrected chi connectivity index (χ1v) is 9.59. The molecule has 1 atom stereocenters. The van der Waals surface area contributed by atoms with Gasteiger partial charge in [0.1, 0.15) is 0 Å². The highest BCUT2D eigenvalue weighted by Gasteiger charge is 2.15. The Hall–Kier alpha value is -2.71. The lowest BCUT2D eigenvalue weighted by Crippen LogP contribution is -2.27. The first-order chi connectivity index (χ1) is 12.2. The fourth-order valence-corrected chi connectivity index (χ4v) is 2.88. The third-order valence-electron chi connectivity index (χ3n) is 3.76. The second kappa shape index (κ2) is 8.11. The van der Waals surface area contributed by atoms with Crippen LogP contribution in [0.2, 0.25) is 0 Å². The summed E-state index contributed by atoms with van der Waals surface area (Å²) in [6, 6.07) is 12.2. The van der Waals surface area contributed by atoms with Crippen molar-refractivity contribution in [3.05, 3.63) is 59.7 Å². The predicted molar refractivity (Wildman–Crippen MR) is 99.1 cm³/mol. The van der Waals surface area contributed by atoms with Gasteiger partial charge in [0.15, 0.2) is 0 Å². The molecule has 2 rings (SSSR count). The number of rotatable bonds is 6. The molecule has 8 heteroatoms. The van der Waals surface area contributed by atoms with E-state index in [0.717, 1.165) is 0 Å². The molecule has 0 saturated heterocycles. The molecule has 0 radical (unpaired) electrons. The number of hydrogen-bond donors (Lipinski definition) is 3. The summed E-state index contributed by atoms with van der Waals surface area (Å²) < 4.78 is 22.9. The molecule has 0 aliphatic carbocycles. The molecule has 2 amide bonds. The SMILES string of the molecule is CCC(=O)Nc1cccc(C(=O)NC(C)c2cccc(S(N)(=O)=O)c2)c1. The Morgan fingerprint density at radius 2 is 1.81 bits per heavy atom. The Morgan fingerprint density at radius 3 is 2.46 bits per heavy atom. The number of nitrogens with two attached hydrogens (primary N) is 1. The molecule has 0 aliphatic rings. The summed E-state index contributed by atoms with van der Waals surface area (Å²) in [4.78, 5) is 23.9. The van der Waals surface area contributed by atoms with E-state index < -0.39 is 16.1 Å². The summed E-state index contributed by atoms with van der Waals surface area (Å²) in [6.07, 6.45) is 0.341. The first-order valence-electron chi connectivity index (χ1n) is 8.04. The van der Waals surface area contributed by atoms with Crippen molar-refractivity contribution in [1.29, 1.82) is 0 Å². The van der Waals surface area contributed by atoms with Crippen LogP contribution in [0, 0.1) is 0 Å². The smallest absolute Gasteiger partial charge is 0.251 e. The molecule has 7 nitrogen and oxygen atoms in total. The van der Waals surface area contributed by atoms with Crippen molar-refractivity contribution < 1.29 is 18.0 Å². The van der Waals surface area contributed by atoms with Crippen molar-refractivity contribution in [2.75, 3.05) is 5.32 Å². The lowest BCUT2D eigenvalue weighted by atomic mass is 10.1. The fraction of sp³-hybridized carbons (Fsp3) is 0.222. The Balaban J connectivity index is 2.15. The van der Waals surface area contributed by atoms with Gasteiger partial charge in [0, 0.05) is 17.7 Å². The number of nitrogens with one attached hydrogen (secondary N) is 2. The molecule has 0 fully saturated rings. The zero-order valence-corrected chi connectivity index (χ0v) is 15.3. The molecule has 2 aromatic carbocycles. The summed E-state index contributed by atoms with van der Waals surface area (Å²) in [7, 11) is -3.81. The van der Waals surface area contributed by atoms with E-state index in [1.54, 1.807) is 50.2 Å². The quantitative estimate of drug-likeness (QED) is 0.717. The number of benzene rings is 2. The number of carbonyl (C=O) groups is 2. The number of carbonyl (C=O) groups excluding carboxylic acids is 2. The molecule has 0 spiro atoms.